The van der Waals surface area contributed by atoms with Gasteiger partial charge in [-0.25, -0.2) is 0 Å². The Bertz CT molecular complexity index is 567. The molecule has 0 fully saturated rings. The Morgan fingerprint density at radius 3 is 2.17 bits per heavy atom. The molecule has 0 radical (unpaired) electrons. The molecule has 0 heterocycles. The minimum atomic E-state index is 0.973. The molecule has 2 aromatic rings. The Labute approximate surface area is 108 Å². The predicted molar refractivity (Wildman–Crippen MR) is 79.3 cm³/mol. The van der Waals surface area contributed by atoms with E-state index in [1.54, 1.807) is 0 Å². The topological polar surface area (TPSA) is 24.4 Å². The van der Waals surface area contributed by atoms with Crippen LogP contribution in [0.5, 0.6) is 0 Å². The standard InChI is InChI=1S/C16H18N2/c1-12(2)17-15-10-6-7-11-16(15)18-14-9-5-4-8-13(14)3/h4-11,18H,1-3H3. The first-order valence-corrected chi connectivity index (χ1v) is 6.10. The van der Waals surface area contributed by atoms with Crippen molar-refractivity contribution in [2.45, 2.75) is 20.8 Å². The van der Waals surface area contributed by atoms with Crippen LogP contribution < -0.4 is 5.32 Å². The average Bonchev–Trinajstić information content (AvgIpc) is 2.34. The Morgan fingerprint density at radius 1 is 0.889 bits per heavy atom. The number of hydrogen-bond acceptors (Lipinski definition) is 2. The predicted octanol–water partition coefficient (Wildman–Crippen LogP) is 4.85. The van der Waals surface area contributed by atoms with Gasteiger partial charge in [-0.3, -0.25) is 4.99 Å². The summed E-state index contributed by atoms with van der Waals surface area (Å²) in [5.74, 6) is 0. The van der Waals surface area contributed by atoms with Crippen LogP contribution in [0.2, 0.25) is 0 Å². The van der Waals surface area contributed by atoms with Gasteiger partial charge in [0.25, 0.3) is 0 Å². The molecule has 2 rings (SSSR count). The van der Waals surface area contributed by atoms with Crippen LogP contribution in [0.3, 0.4) is 0 Å². The van der Waals surface area contributed by atoms with Gasteiger partial charge in [0.05, 0.1) is 11.4 Å². The van der Waals surface area contributed by atoms with Gasteiger partial charge in [0, 0.05) is 11.4 Å². The third-order valence-electron chi connectivity index (χ3n) is 2.66. The smallest absolute Gasteiger partial charge is 0.0863 e. The van der Waals surface area contributed by atoms with E-state index in [2.05, 4.69) is 29.4 Å². The number of nitrogens with one attached hydrogen (secondary N) is 1. The molecule has 18 heavy (non-hydrogen) atoms. The molecule has 0 saturated heterocycles. The van der Waals surface area contributed by atoms with Crippen LogP contribution in [-0.4, -0.2) is 5.71 Å². The highest BCUT2D eigenvalue weighted by Gasteiger charge is 2.02. The fourth-order valence-corrected chi connectivity index (χ4v) is 1.78. The van der Waals surface area contributed by atoms with Crippen LogP contribution in [0.25, 0.3) is 0 Å². The molecular weight excluding hydrogens is 220 g/mol. The molecule has 2 aromatic carbocycles. The summed E-state index contributed by atoms with van der Waals surface area (Å²) in [5.41, 5.74) is 5.40. The zero-order chi connectivity index (χ0) is 13.0. The summed E-state index contributed by atoms with van der Waals surface area (Å²) in [5, 5.41) is 3.44. The van der Waals surface area contributed by atoms with Crippen molar-refractivity contribution in [1.29, 1.82) is 0 Å². The molecule has 2 nitrogen and oxygen atoms in total. The van der Waals surface area contributed by atoms with E-state index < -0.39 is 0 Å². The Morgan fingerprint density at radius 2 is 1.50 bits per heavy atom. The molecule has 0 aliphatic heterocycles. The number of anilines is 2. The molecule has 0 aliphatic rings. The quantitative estimate of drug-likeness (QED) is 0.759. The summed E-state index contributed by atoms with van der Waals surface area (Å²) in [6.45, 7) is 6.11. The molecule has 0 aliphatic carbocycles. The SMILES string of the molecule is CC(C)=Nc1ccccc1Nc1ccccc1C. The van der Waals surface area contributed by atoms with E-state index in [1.807, 2.05) is 50.2 Å². The first kappa shape index (κ1) is 12.4. The van der Waals surface area contributed by atoms with Crippen molar-refractivity contribution in [3.63, 3.8) is 0 Å². The van der Waals surface area contributed by atoms with Crippen molar-refractivity contribution in [3.8, 4) is 0 Å². The number of nitrogens with zero attached hydrogens (tertiary/aromatic N) is 1. The lowest BCUT2D eigenvalue weighted by Crippen LogP contribution is -1.93. The highest BCUT2D eigenvalue weighted by atomic mass is 14.9. The van der Waals surface area contributed by atoms with Gasteiger partial charge < -0.3 is 5.32 Å². The van der Waals surface area contributed by atoms with Crippen LogP contribution in [0.1, 0.15) is 19.4 Å². The monoisotopic (exact) mass is 238 g/mol. The Balaban J connectivity index is 2.35. The maximum Gasteiger partial charge on any atom is 0.0863 e. The third kappa shape index (κ3) is 2.98. The van der Waals surface area contributed by atoms with Gasteiger partial charge in [0.2, 0.25) is 0 Å². The van der Waals surface area contributed by atoms with Gasteiger partial charge in [0.15, 0.2) is 0 Å². The number of para-hydroxylation sites is 3. The second-order valence-corrected chi connectivity index (χ2v) is 4.52. The van der Waals surface area contributed by atoms with Crippen molar-refractivity contribution in [1.82, 2.24) is 0 Å². The van der Waals surface area contributed by atoms with Gasteiger partial charge in [-0.05, 0) is 44.5 Å². The first-order chi connectivity index (χ1) is 8.66. The molecule has 2 heteroatoms. The van der Waals surface area contributed by atoms with Gasteiger partial charge >= 0.3 is 0 Å². The Hall–Kier alpha value is -2.09. The van der Waals surface area contributed by atoms with Crippen molar-refractivity contribution in [2.24, 2.45) is 4.99 Å². The highest BCUT2D eigenvalue weighted by molar-refractivity contribution is 5.85. The zero-order valence-electron chi connectivity index (χ0n) is 11.1. The van der Waals surface area contributed by atoms with E-state index in [1.165, 1.54) is 5.56 Å². The van der Waals surface area contributed by atoms with E-state index in [4.69, 9.17) is 0 Å². The maximum absolute atomic E-state index is 4.54. The summed E-state index contributed by atoms with van der Waals surface area (Å²) in [6.07, 6.45) is 0. The third-order valence-corrected chi connectivity index (χ3v) is 2.66. The minimum absolute atomic E-state index is 0.973. The van der Waals surface area contributed by atoms with E-state index in [0.717, 1.165) is 22.8 Å². The van der Waals surface area contributed by atoms with Gasteiger partial charge in [-0.15, -0.1) is 0 Å². The van der Waals surface area contributed by atoms with E-state index >= 15 is 0 Å². The highest BCUT2D eigenvalue weighted by Crippen LogP contribution is 2.29. The summed E-state index contributed by atoms with van der Waals surface area (Å²) < 4.78 is 0. The van der Waals surface area contributed by atoms with E-state index in [9.17, 15) is 0 Å². The molecule has 0 saturated carbocycles. The summed E-state index contributed by atoms with van der Waals surface area (Å²) in [4.78, 5) is 4.54. The fourth-order valence-electron chi connectivity index (χ4n) is 1.78. The lowest BCUT2D eigenvalue weighted by molar-refractivity contribution is 1.41. The minimum Gasteiger partial charge on any atom is -0.354 e. The summed E-state index contributed by atoms with van der Waals surface area (Å²) >= 11 is 0. The number of benzene rings is 2. The molecule has 0 unspecified atom stereocenters. The zero-order valence-corrected chi connectivity index (χ0v) is 11.1. The van der Waals surface area contributed by atoms with E-state index in [-0.39, 0.29) is 0 Å². The van der Waals surface area contributed by atoms with Crippen molar-refractivity contribution < 1.29 is 0 Å². The summed E-state index contributed by atoms with van der Waals surface area (Å²) in [7, 11) is 0. The number of rotatable bonds is 3. The van der Waals surface area contributed by atoms with Crippen LogP contribution in [0.4, 0.5) is 17.1 Å². The van der Waals surface area contributed by atoms with Crippen LogP contribution in [0, 0.1) is 6.92 Å². The van der Waals surface area contributed by atoms with E-state index in [0.29, 0.717) is 0 Å². The lowest BCUT2D eigenvalue weighted by Gasteiger charge is -2.11. The fraction of sp³-hybridized carbons (Fsp3) is 0.188. The van der Waals surface area contributed by atoms with Gasteiger partial charge in [-0.2, -0.15) is 0 Å². The molecule has 0 atom stereocenters. The first-order valence-electron chi connectivity index (χ1n) is 6.10. The molecular formula is C16H18N2. The number of aliphatic imine (C=N–C) groups is 1. The number of aryl methyl sites for hydroxylation is 1. The van der Waals surface area contributed by atoms with Gasteiger partial charge in [-0.1, -0.05) is 30.3 Å². The lowest BCUT2D eigenvalue weighted by atomic mass is 10.2. The largest absolute Gasteiger partial charge is 0.354 e. The molecule has 1 N–H and O–H groups in total. The second-order valence-electron chi connectivity index (χ2n) is 4.52. The molecule has 92 valence electrons. The Kier molecular flexibility index (Phi) is 3.78. The van der Waals surface area contributed by atoms with Crippen molar-refractivity contribution >= 4 is 22.8 Å². The average molecular weight is 238 g/mol. The molecule has 0 aromatic heterocycles. The van der Waals surface area contributed by atoms with Crippen LogP contribution in [-0.2, 0) is 0 Å². The van der Waals surface area contributed by atoms with Gasteiger partial charge in [0.1, 0.15) is 0 Å². The van der Waals surface area contributed by atoms with Crippen molar-refractivity contribution in [2.75, 3.05) is 5.32 Å². The number of hydrogen-bond donors (Lipinski definition) is 1. The molecule has 0 amide bonds. The molecule has 0 bridgehead atoms. The maximum atomic E-state index is 4.54. The summed E-state index contributed by atoms with van der Waals surface area (Å²) in [6, 6.07) is 16.3. The molecule has 0 spiro atoms. The van der Waals surface area contributed by atoms with Crippen LogP contribution >= 0.6 is 0 Å². The van der Waals surface area contributed by atoms with Crippen LogP contribution in [0.15, 0.2) is 53.5 Å². The van der Waals surface area contributed by atoms with Crippen molar-refractivity contribution in [3.05, 3.63) is 54.1 Å². The normalized spacial score (nSPS) is 9.94. The second kappa shape index (κ2) is 5.50.